The Morgan fingerprint density at radius 2 is 2.11 bits per heavy atom. The lowest BCUT2D eigenvalue weighted by Gasteiger charge is -2.14. The van der Waals surface area contributed by atoms with Gasteiger partial charge < -0.3 is 5.73 Å². The van der Waals surface area contributed by atoms with E-state index in [1.165, 1.54) is 12.1 Å². The largest absolute Gasteiger partial charge is 0.343 e. The standard InChI is InChI=1S/C12H15FN4O/c1-8(9-2-4-10(13)5-3-9)17-11(6-7-14)15-16-12(17)18/h2-5,8H,6-7,14H2,1H3,(H,16,18)/t8-/m1/s1. The number of rotatable bonds is 4. The maximum absolute atomic E-state index is 12.9. The summed E-state index contributed by atoms with van der Waals surface area (Å²) in [6, 6.07) is 5.86. The zero-order chi connectivity index (χ0) is 13.1. The number of nitrogens with zero attached hydrogens (tertiary/aromatic N) is 2. The van der Waals surface area contributed by atoms with Crippen LogP contribution in [0, 0.1) is 5.82 Å². The van der Waals surface area contributed by atoms with Gasteiger partial charge >= 0.3 is 5.69 Å². The van der Waals surface area contributed by atoms with Gasteiger partial charge in [-0.3, -0.25) is 4.57 Å². The van der Waals surface area contributed by atoms with E-state index in [1.54, 1.807) is 16.7 Å². The third-order valence-electron chi connectivity index (χ3n) is 2.89. The number of hydrogen-bond donors (Lipinski definition) is 2. The Morgan fingerprint density at radius 3 is 2.72 bits per heavy atom. The van der Waals surface area contributed by atoms with Crippen molar-refractivity contribution in [3.63, 3.8) is 0 Å². The molecule has 2 rings (SSSR count). The predicted molar refractivity (Wildman–Crippen MR) is 65.8 cm³/mol. The van der Waals surface area contributed by atoms with Crippen molar-refractivity contribution in [2.24, 2.45) is 5.73 Å². The Bertz CT molecular complexity index is 573. The average Bonchev–Trinajstić information content (AvgIpc) is 2.71. The van der Waals surface area contributed by atoms with Crippen LogP contribution in [0.25, 0.3) is 0 Å². The van der Waals surface area contributed by atoms with Gasteiger partial charge in [0.2, 0.25) is 0 Å². The molecule has 0 aliphatic carbocycles. The van der Waals surface area contributed by atoms with Crippen molar-refractivity contribution in [3.05, 3.63) is 52.0 Å². The Labute approximate surface area is 103 Å². The number of H-pyrrole nitrogens is 1. The average molecular weight is 250 g/mol. The second-order valence-corrected chi connectivity index (χ2v) is 4.08. The molecule has 5 nitrogen and oxygen atoms in total. The van der Waals surface area contributed by atoms with Gasteiger partial charge in [-0.1, -0.05) is 12.1 Å². The van der Waals surface area contributed by atoms with Crippen LogP contribution >= 0.6 is 0 Å². The van der Waals surface area contributed by atoms with Crippen molar-refractivity contribution in [2.75, 3.05) is 6.54 Å². The van der Waals surface area contributed by atoms with Crippen LogP contribution in [-0.4, -0.2) is 21.3 Å². The molecule has 2 aromatic rings. The Balaban J connectivity index is 2.38. The van der Waals surface area contributed by atoms with Crippen molar-refractivity contribution in [3.8, 4) is 0 Å². The molecule has 0 saturated heterocycles. The molecule has 96 valence electrons. The minimum Gasteiger partial charge on any atom is -0.330 e. The molecule has 0 amide bonds. The number of benzene rings is 1. The van der Waals surface area contributed by atoms with E-state index in [0.29, 0.717) is 18.8 Å². The maximum Gasteiger partial charge on any atom is 0.343 e. The highest BCUT2D eigenvalue weighted by Gasteiger charge is 2.15. The summed E-state index contributed by atoms with van der Waals surface area (Å²) in [7, 11) is 0. The lowest BCUT2D eigenvalue weighted by atomic mass is 10.1. The molecule has 0 fully saturated rings. The van der Waals surface area contributed by atoms with E-state index in [2.05, 4.69) is 10.2 Å². The molecule has 18 heavy (non-hydrogen) atoms. The lowest BCUT2D eigenvalue weighted by Crippen LogP contribution is -2.24. The SMILES string of the molecule is C[C@H](c1ccc(F)cc1)n1c(CCN)n[nH]c1=O. The van der Waals surface area contributed by atoms with Crippen molar-refractivity contribution in [1.29, 1.82) is 0 Å². The zero-order valence-electron chi connectivity index (χ0n) is 10.1. The summed E-state index contributed by atoms with van der Waals surface area (Å²) in [5.41, 5.74) is 6.04. The highest BCUT2D eigenvalue weighted by molar-refractivity contribution is 5.20. The second-order valence-electron chi connectivity index (χ2n) is 4.08. The third kappa shape index (κ3) is 2.33. The molecule has 0 aliphatic heterocycles. The third-order valence-corrected chi connectivity index (χ3v) is 2.89. The van der Waals surface area contributed by atoms with Crippen LogP contribution in [0.4, 0.5) is 4.39 Å². The summed E-state index contributed by atoms with van der Waals surface area (Å²) in [5.74, 6) is 0.312. The van der Waals surface area contributed by atoms with Crippen molar-refractivity contribution < 1.29 is 4.39 Å². The van der Waals surface area contributed by atoms with E-state index >= 15 is 0 Å². The topological polar surface area (TPSA) is 76.7 Å². The zero-order valence-corrected chi connectivity index (χ0v) is 10.1. The number of nitrogens with two attached hydrogens (primary N) is 1. The Hall–Kier alpha value is -1.95. The normalized spacial score (nSPS) is 12.6. The van der Waals surface area contributed by atoms with Gasteiger partial charge in [0.15, 0.2) is 0 Å². The molecular weight excluding hydrogens is 235 g/mol. The van der Waals surface area contributed by atoms with Crippen LogP contribution in [-0.2, 0) is 6.42 Å². The van der Waals surface area contributed by atoms with Gasteiger partial charge in [-0.05, 0) is 31.2 Å². The minimum atomic E-state index is -0.298. The van der Waals surface area contributed by atoms with Crippen LogP contribution in [0.1, 0.15) is 24.4 Å². The van der Waals surface area contributed by atoms with Crippen LogP contribution in [0.15, 0.2) is 29.1 Å². The first-order valence-corrected chi connectivity index (χ1v) is 5.74. The van der Waals surface area contributed by atoms with Crippen molar-refractivity contribution in [1.82, 2.24) is 14.8 Å². The number of aromatic amines is 1. The number of aromatic nitrogens is 3. The van der Waals surface area contributed by atoms with Gasteiger partial charge in [0, 0.05) is 6.42 Å². The molecule has 1 heterocycles. The Kier molecular flexibility index (Phi) is 3.57. The Morgan fingerprint density at radius 1 is 1.44 bits per heavy atom. The monoisotopic (exact) mass is 250 g/mol. The molecule has 3 N–H and O–H groups in total. The van der Waals surface area contributed by atoms with E-state index in [1.807, 2.05) is 6.92 Å². The molecule has 0 radical (unpaired) electrons. The van der Waals surface area contributed by atoms with Crippen molar-refractivity contribution >= 4 is 0 Å². The van der Waals surface area contributed by atoms with Gasteiger partial charge in [0.1, 0.15) is 11.6 Å². The first-order chi connectivity index (χ1) is 8.63. The molecule has 0 saturated carbocycles. The summed E-state index contributed by atoms with van der Waals surface area (Å²) in [5, 5.41) is 6.35. The summed E-state index contributed by atoms with van der Waals surface area (Å²) in [6.45, 7) is 2.28. The van der Waals surface area contributed by atoms with Crippen LogP contribution in [0.3, 0.4) is 0 Å². The van der Waals surface area contributed by atoms with Gasteiger partial charge in [-0.15, -0.1) is 0 Å². The molecule has 1 atom stereocenters. The lowest BCUT2D eigenvalue weighted by molar-refractivity contribution is 0.579. The molecule has 0 bridgehead atoms. The predicted octanol–water partition coefficient (Wildman–Crippen LogP) is 0.821. The summed E-state index contributed by atoms with van der Waals surface area (Å²) >= 11 is 0. The second kappa shape index (κ2) is 5.14. The van der Waals surface area contributed by atoms with E-state index in [-0.39, 0.29) is 17.5 Å². The molecule has 0 spiro atoms. The molecule has 1 aromatic carbocycles. The molecule has 0 aliphatic rings. The van der Waals surface area contributed by atoms with Crippen LogP contribution in [0.2, 0.25) is 0 Å². The summed E-state index contributed by atoms with van der Waals surface area (Å²) in [4.78, 5) is 11.7. The number of halogens is 1. The first kappa shape index (κ1) is 12.5. The van der Waals surface area contributed by atoms with Crippen LogP contribution in [0.5, 0.6) is 0 Å². The van der Waals surface area contributed by atoms with Crippen molar-refractivity contribution in [2.45, 2.75) is 19.4 Å². The van der Waals surface area contributed by atoms with Gasteiger partial charge in [-0.25, -0.2) is 14.3 Å². The molecular formula is C12H15FN4O. The summed E-state index contributed by atoms with van der Waals surface area (Å²) in [6.07, 6.45) is 0.518. The fourth-order valence-corrected chi connectivity index (χ4v) is 1.93. The smallest absolute Gasteiger partial charge is 0.330 e. The van der Waals surface area contributed by atoms with E-state index in [9.17, 15) is 9.18 Å². The first-order valence-electron chi connectivity index (χ1n) is 5.74. The van der Waals surface area contributed by atoms with Crippen LogP contribution < -0.4 is 11.4 Å². The maximum atomic E-state index is 12.9. The van der Waals surface area contributed by atoms with E-state index in [0.717, 1.165) is 5.56 Å². The molecule has 6 heteroatoms. The van der Waals surface area contributed by atoms with Gasteiger partial charge in [-0.2, -0.15) is 5.10 Å². The fourth-order valence-electron chi connectivity index (χ4n) is 1.93. The highest BCUT2D eigenvalue weighted by atomic mass is 19.1. The van der Waals surface area contributed by atoms with Gasteiger partial charge in [0.25, 0.3) is 0 Å². The van der Waals surface area contributed by atoms with E-state index in [4.69, 9.17) is 5.73 Å². The molecule has 0 unspecified atom stereocenters. The summed E-state index contributed by atoms with van der Waals surface area (Å²) < 4.78 is 14.4. The minimum absolute atomic E-state index is 0.210. The molecule has 1 aromatic heterocycles. The van der Waals surface area contributed by atoms with E-state index < -0.39 is 0 Å². The van der Waals surface area contributed by atoms with Gasteiger partial charge in [0.05, 0.1) is 6.04 Å². The fraction of sp³-hybridized carbons (Fsp3) is 0.333. The highest BCUT2D eigenvalue weighted by Crippen LogP contribution is 2.17. The quantitative estimate of drug-likeness (QED) is 0.843. The number of hydrogen-bond acceptors (Lipinski definition) is 3. The number of nitrogens with one attached hydrogen (secondary N) is 1.